The summed E-state index contributed by atoms with van der Waals surface area (Å²) in [6.07, 6.45) is 0.462. The summed E-state index contributed by atoms with van der Waals surface area (Å²) in [6.45, 7) is 5.52. The van der Waals surface area contributed by atoms with Gasteiger partial charge >= 0.3 is 6.09 Å². The Balaban J connectivity index is 2.21. The molecule has 1 unspecified atom stereocenters. The van der Waals surface area contributed by atoms with Gasteiger partial charge in [-0.05, 0) is 33.6 Å². The van der Waals surface area contributed by atoms with Crippen LogP contribution in [0.4, 0.5) is 4.79 Å². The van der Waals surface area contributed by atoms with E-state index in [9.17, 15) is 14.7 Å². The third-order valence-electron chi connectivity index (χ3n) is 4.06. The van der Waals surface area contributed by atoms with Gasteiger partial charge in [0.25, 0.3) is 0 Å². The monoisotopic (exact) mass is 314 g/mol. The molecule has 126 valence electrons. The van der Waals surface area contributed by atoms with Gasteiger partial charge in [0.05, 0.1) is 6.10 Å². The van der Waals surface area contributed by atoms with E-state index in [1.54, 1.807) is 20.8 Å². The minimum Gasteiger partial charge on any atom is -0.444 e. The zero-order valence-electron chi connectivity index (χ0n) is 13.4. The summed E-state index contributed by atoms with van der Waals surface area (Å²) in [7, 11) is 0. The van der Waals surface area contributed by atoms with Gasteiger partial charge in [0.2, 0.25) is 0 Å². The molecule has 0 aromatic carbocycles. The van der Waals surface area contributed by atoms with E-state index in [1.807, 2.05) is 0 Å². The van der Waals surface area contributed by atoms with Gasteiger partial charge in [-0.25, -0.2) is 4.79 Å². The first-order valence-electron chi connectivity index (χ1n) is 7.73. The zero-order chi connectivity index (χ0) is 16.5. The number of carbonyl (C=O) groups excluding carboxylic acids is 2. The molecule has 3 N–H and O–H groups in total. The van der Waals surface area contributed by atoms with E-state index in [1.165, 1.54) is 4.90 Å². The summed E-state index contributed by atoms with van der Waals surface area (Å²) in [5, 5.41) is 9.23. The molecule has 2 saturated heterocycles. The fraction of sp³-hybridized carbons (Fsp3) is 0.867. The van der Waals surface area contributed by atoms with Crippen LogP contribution in [0.25, 0.3) is 0 Å². The topological polar surface area (TPSA) is 102 Å². The second-order valence-electron chi connectivity index (χ2n) is 7.08. The fourth-order valence-electron chi connectivity index (χ4n) is 3.16. The molecule has 7 heteroatoms. The number of nitrogens with two attached hydrogens (primary N) is 1. The van der Waals surface area contributed by atoms with Gasteiger partial charge in [0.1, 0.15) is 18.2 Å². The third kappa shape index (κ3) is 3.77. The normalized spacial score (nSPS) is 32.3. The summed E-state index contributed by atoms with van der Waals surface area (Å²) < 4.78 is 11.2. The van der Waals surface area contributed by atoms with Crippen LogP contribution in [0.3, 0.4) is 0 Å². The van der Waals surface area contributed by atoms with E-state index in [-0.39, 0.29) is 12.0 Å². The molecule has 1 amide bonds. The molecule has 2 heterocycles. The molecular formula is C15H26N2O5. The van der Waals surface area contributed by atoms with Crippen LogP contribution in [0.5, 0.6) is 0 Å². The Labute approximate surface area is 130 Å². The van der Waals surface area contributed by atoms with Gasteiger partial charge in [0.15, 0.2) is 5.78 Å². The Morgan fingerprint density at radius 1 is 1.41 bits per heavy atom. The van der Waals surface area contributed by atoms with Crippen molar-refractivity contribution in [1.82, 2.24) is 4.90 Å². The first kappa shape index (κ1) is 17.2. The Morgan fingerprint density at radius 3 is 2.68 bits per heavy atom. The smallest absolute Gasteiger partial charge is 0.411 e. The van der Waals surface area contributed by atoms with Crippen LogP contribution in [-0.4, -0.2) is 65.4 Å². The Morgan fingerprint density at radius 2 is 2.09 bits per heavy atom. The van der Waals surface area contributed by atoms with Crippen molar-refractivity contribution in [3.63, 3.8) is 0 Å². The lowest BCUT2D eigenvalue weighted by Gasteiger charge is -2.29. The molecule has 2 aliphatic heterocycles. The SMILES string of the molecule is CC(C)(C)OC(=O)N1C[C@@H]2CC(N)CCO[C@H]2[C@H]1C(=O)CO. The van der Waals surface area contributed by atoms with Gasteiger partial charge in [-0.1, -0.05) is 0 Å². The highest BCUT2D eigenvalue weighted by atomic mass is 16.6. The van der Waals surface area contributed by atoms with E-state index >= 15 is 0 Å². The lowest BCUT2D eigenvalue weighted by atomic mass is 9.93. The summed E-state index contributed by atoms with van der Waals surface area (Å²) in [5.74, 6) is -0.431. The Hall–Kier alpha value is -1.18. The number of amides is 1. The number of ether oxygens (including phenoxy) is 2. The lowest BCUT2D eigenvalue weighted by molar-refractivity contribution is -0.130. The number of hydrogen-bond donors (Lipinski definition) is 2. The predicted molar refractivity (Wildman–Crippen MR) is 79.3 cm³/mol. The maximum absolute atomic E-state index is 12.4. The van der Waals surface area contributed by atoms with Crippen molar-refractivity contribution < 1.29 is 24.2 Å². The molecule has 0 bridgehead atoms. The zero-order valence-corrected chi connectivity index (χ0v) is 13.4. The van der Waals surface area contributed by atoms with Gasteiger partial charge in [-0.15, -0.1) is 0 Å². The molecule has 0 aromatic heterocycles. The van der Waals surface area contributed by atoms with E-state index in [0.29, 0.717) is 19.6 Å². The van der Waals surface area contributed by atoms with Crippen molar-refractivity contribution >= 4 is 11.9 Å². The Kier molecular flexibility index (Phi) is 5.09. The van der Waals surface area contributed by atoms with Crippen molar-refractivity contribution in [2.24, 2.45) is 11.7 Å². The molecule has 0 aromatic rings. The number of carbonyl (C=O) groups is 2. The second-order valence-corrected chi connectivity index (χ2v) is 7.08. The van der Waals surface area contributed by atoms with Crippen molar-refractivity contribution in [1.29, 1.82) is 0 Å². The molecule has 0 spiro atoms. The number of Topliss-reactive ketones (excluding diaryl/α,β-unsaturated/α-hetero) is 1. The highest BCUT2D eigenvalue weighted by molar-refractivity contribution is 5.89. The van der Waals surface area contributed by atoms with Crippen LogP contribution in [0.2, 0.25) is 0 Å². The molecule has 0 saturated carbocycles. The van der Waals surface area contributed by atoms with Crippen LogP contribution in [-0.2, 0) is 14.3 Å². The van der Waals surface area contributed by atoms with E-state index in [0.717, 1.165) is 6.42 Å². The lowest BCUT2D eigenvalue weighted by Crippen LogP contribution is -2.48. The summed E-state index contributed by atoms with van der Waals surface area (Å²) in [6, 6.07) is -0.798. The number of ketones is 1. The van der Waals surface area contributed by atoms with Gasteiger partial charge < -0.3 is 20.3 Å². The van der Waals surface area contributed by atoms with Crippen LogP contribution >= 0.6 is 0 Å². The van der Waals surface area contributed by atoms with Gasteiger partial charge in [-0.3, -0.25) is 9.69 Å². The predicted octanol–water partition coefficient (Wildman–Crippen LogP) is 0.290. The minimum atomic E-state index is -0.796. The average Bonchev–Trinajstić information content (AvgIpc) is 2.65. The number of likely N-dealkylation sites (tertiary alicyclic amines) is 1. The van der Waals surface area contributed by atoms with Crippen LogP contribution in [0, 0.1) is 5.92 Å². The molecule has 0 aliphatic carbocycles. The molecule has 2 fully saturated rings. The first-order chi connectivity index (χ1) is 10.2. The number of aliphatic hydroxyl groups excluding tert-OH is 1. The van der Waals surface area contributed by atoms with Crippen molar-refractivity contribution in [2.45, 2.75) is 57.4 Å². The van der Waals surface area contributed by atoms with Crippen LogP contribution in [0.15, 0.2) is 0 Å². The van der Waals surface area contributed by atoms with Crippen LogP contribution < -0.4 is 5.73 Å². The number of fused-ring (bicyclic) bond motifs is 1. The number of nitrogens with zero attached hydrogens (tertiary/aromatic N) is 1. The molecule has 22 heavy (non-hydrogen) atoms. The second kappa shape index (κ2) is 6.52. The fourth-order valence-corrected chi connectivity index (χ4v) is 3.16. The first-order valence-corrected chi connectivity index (χ1v) is 7.73. The van der Waals surface area contributed by atoms with E-state index in [2.05, 4.69) is 0 Å². The standard InChI is InChI=1S/C15H26N2O5/c1-15(2,3)22-14(20)17-7-9-6-10(16)4-5-21-13(9)12(17)11(19)8-18/h9-10,12-13,18H,4-8,16H2,1-3H3/t9-,10?,12+,13+/m0/s1. The summed E-state index contributed by atoms with van der Waals surface area (Å²) in [4.78, 5) is 25.9. The maximum Gasteiger partial charge on any atom is 0.411 e. The van der Waals surface area contributed by atoms with Crippen molar-refractivity contribution in [3.05, 3.63) is 0 Å². The summed E-state index contributed by atoms with van der Waals surface area (Å²) >= 11 is 0. The average molecular weight is 314 g/mol. The quantitative estimate of drug-likeness (QED) is 0.759. The van der Waals surface area contributed by atoms with Gasteiger partial charge in [0, 0.05) is 25.1 Å². The maximum atomic E-state index is 12.4. The van der Waals surface area contributed by atoms with E-state index in [4.69, 9.17) is 15.2 Å². The molecule has 7 nitrogen and oxygen atoms in total. The number of hydrogen-bond acceptors (Lipinski definition) is 6. The molecule has 4 atom stereocenters. The minimum absolute atomic E-state index is 0.00142. The molecule has 2 rings (SSSR count). The highest BCUT2D eigenvalue weighted by Gasteiger charge is 2.50. The largest absolute Gasteiger partial charge is 0.444 e. The number of aliphatic hydroxyl groups is 1. The van der Waals surface area contributed by atoms with E-state index < -0.39 is 36.2 Å². The highest BCUT2D eigenvalue weighted by Crippen LogP contribution is 2.33. The summed E-state index contributed by atoms with van der Waals surface area (Å²) in [5.41, 5.74) is 5.37. The Bertz CT molecular complexity index is 434. The molecule has 2 aliphatic rings. The van der Waals surface area contributed by atoms with Crippen molar-refractivity contribution in [3.8, 4) is 0 Å². The molecule has 0 radical (unpaired) electrons. The number of rotatable bonds is 2. The molecular weight excluding hydrogens is 288 g/mol. The van der Waals surface area contributed by atoms with Crippen LogP contribution in [0.1, 0.15) is 33.6 Å². The van der Waals surface area contributed by atoms with Gasteiger partial charge in [-0.2, -0.15) is 0 Å². The van der Waals surface area contributed by atoms with Crippen molar-refractivity contribution in [2.75, 3.05) is 19.8 Å². The third-order valence-corrected chi connectivity index (χ3v) is 4.06.